The molecule has 1 aromatic heterocycles. The first-order valence-corrected chi connectivity index (χ1v) is 10.4. The quantitative estimate of drug-likeness (QED) is 0.345. The normalized spacial score (nSPS) is 11.9. The molecule has 1 N–H and O–H groups in total. The number of amides is 1. The number of alkyl carbamates (subject to hydrolysis) is 1. The van der Waals surface area contributed by atoms with E-state index in [1.165, 1.54) is 0 Å². The van der Waals surface area contributed by atoms with Crippen molar-refractivity contribution in [1.29, 1.82) is 0 Å². The fourth-order valence-electron chi connectivity index (χ4n) is 3.33. The molecule has 0 aliphatic rings. The van der Waals surface area contributed by atoms with Gasteiger partial charge in [0.25, 0.3) is 0 Å². The van der Waals surface area contributed by atoms with E-state index in [0.29, 0.717) is 22.1 Å². The largest absolute Gasteiger partial charge is 0.445 e. The minimum Gasteiger partial charge on any atom is -0.445 e. The third-order valence-electron chi connectivity index (χ3n) is 5.27. The zero-order chi connectivity index (χ0) is 23.4. The molecule has 0 spiro atoms. The van der Waals surface area contributed by atoms with Gasteiger partial charge in [-0.25, -0.2) is 14.4 Å². The maximum absolute atomic E-state index is 13.0. The molecule has 1 atom stereocenters. The summed E-state index contributed by atoms with van der Waals surface area (Å²) in [5.74, 6) is -0.602. The molecule has 0 aliphatic heterocycles. The molecule has 0 radical (unpaired) electrons. The van der Waals surface area contributed by atoms with E-state index >= 15 is 0 Å². The van der Waals surface area contributed by atoms with Crippen LogP contribution < -0.4 is 15.7 Å². The first-order valence-electron chi connectivity index (χ1n) is 10.4. The first-order chi connectivity index (χ1) is 15.2. The Kier molecular flexibility index (Phi) is 6.98. The lowest BCUT2D eigenvalue weighted by Gasteiger charge is -2.21. The molecule has 168 valence electrons. The van der Waals surface area contributed by atoms with Gasteiger partial charge < -0.3 is 19.2 Å². The van der Waals surface area contributed by atoms with Crippen molar-refractivity contribution < 1.29 is 23.5 Å². The second kappa shape index (κ2) is 9.68. The molecule has 1 amide bonds. The minimum absolute atomic E-state index is 0.0898. The van der Waals surface area contributed by atoms with Gasteiger partial charge in [0.05, 0.1) is 5.39 Å². The third kappa shape index (κ3) is 5.17. The maximum atomic E-state index is 13.0. The van der Waals surface area contributed by atoms with Gasteiger partial charge in [-0.3, -0.25) is 0 Å². The van der Waals surface area contributed by atoms with Crippen LogP contribution in [0.5, 0.6) is 5.75 Å². The predicted molar refractivity (Wildman–Crippen MR) is 121 cm³/mol. The van der Waals surface area contributed by atoms with Gasteiger partial charge in [0, 0.05) is 5.56 Å². The van der Waals surface area contributed by atoms with Crippen LogP contribution in [0.25, 0.3) is 11.0 Å². The number of carbonyl (C=O) groups excluding carboxylic acids is 2. The molecule has 0 aliphatic carbocycles. The molecule has 0 saturated carbocycles. The van der Waals surface area contributed by atoms with Crippen LogP contribution in [0.2, 0.25) is 0 Å². The Hall–Kier alpha value is -3.61. The molecule has 7 nitrogen and oxygen atoms in total. The Morgan fingerprint density at radius 2 is 1.72 bits per heavy atom. The van der Waals surface area contributed by atoms with E-state index < -0.39 is 23.7 Å². The topological polar surface area (TPSA) is 94.8 Å². The summed E-state index contributed by atoms with van der Waals surface area (Å²) in [5, 5.41) is 3.15. The van der Waals surface area contributed by atoms with E-state index in [2.05, 4.69) is 5.32 Å². The smallest absolute Gasteiger partial charge is 0.408 e. The monoisotopic (exact) mass is 437 g/mol. The average molecular weight is 437 g/mol. The van der Waals surface area contributed by atoms with Crippen molar-refractivity contribution in [2.24, 2.45) is 5.92 Å². The van der Waals surface area contributed by atoms with Crippen molar-refractivity contribution in [3.05, 3.63) is 75.1 Å². The Labute approximate surface area is 186 Å². The van der Waals surface area contributed by atoms with Crippen LogP contribution in [-0.2, 0) is 16.1 Å². The zero-order valence-electron chi connectivity index (χ0n) is 18.9. The van der Waals surface area contributed by atoms with Gasteiger partial charge in [0.15, 0.2) is 0 Å². The van der Waals surface area contributed by atoms with Gasteiger partial charge in [-0.05, 0) is 55.5 Å². The number of benzene rings is 2. The van der Waals surface area contributed by atoms with Gasteiger partial charge in [-0.1, -0.05) is 44.2 Å². The highest BCUT2D eigenvalue weighted by atomic mass is 16.6. The van der Waals surface area contributed by atoms with E-state index in [0.717, 1.165) is 11.1 Å². The maximum Gasteiger partial charge on any atom is 0.408 e. The molecular formula is C25H27NO6. The highest BCUT2D eigenvalue weighted by Gasteiger charge is 2.28. The summed E-state index contributed by atoms with van der Waals surface area (Å²) >= 11 is 0. The molecular weight excluding hydrogens is 410 g/mol. The molecule has 1 unspecified atom stereocenters. The number of ether oxygens (including phenoxy) is 2. The lowest BCUT2D eigenvalue weighted by Crippen LogP contribution is -2.46. The predicted octanol–water partition coefficient (Wildman–Crippen LogP) is 4.57. The molecule has 0 fully saturated rings. The van der Waals surface area contributed by atoms with E-state index in [1.54, 1.807) is 39.8 Å². The van der Waals surface area contributed by atoms with Gasteiger partial charge in [-0.15, -0.1) is 0 Å². The Morgan fingerprint density at radius 1 is 1.03 bits per heavy atom. The van der Waals surface area contributed by atoms with Crippen molar-refractivity contribution in [1.82, 2.24) is 5.32 Å². The van der Waals surface area contributed by atoms with Gasteiger partial charge in [0.1, 0.15) is 24.0 Å². The molecule has 32 heavy (non-hydrogen) atoms. The number of rotatable bonds is 6. The second-order valence-corrected chi connectivity index (χ2v) is 8.12. The van der Waals surface area contributed by atoms with E-state index in [4.69, 9.17) is 13.9 Å². The van der Waals surface area contributed by atoms with Crippen molar-refractivity contribution in [2.45, 2.75) is 47.3 Å². The van der Waals surface area contributed by atoms with Gasteiger partial charge >= 0.3 is 17.7 Å². The van der Waals surface area contributed by atoms with Crippen LogP contribution in [0.3, 0.4) is 0 Å². The fourth-order valence-corrected chi connectivity index (χ4v) is 3.33. The van der Waals surface area contributed by atoms with Gasteiger partial charge in [-0.2, -0.15) is 0 Å². The molecule has 3 rings (SSSR count). The van der Waals surface area contributed by atoms with Crippen molar-refractivity contribution in [3.63, 3.8) is 0 Å². The average Bonchev–Trinajstić information content (AvgIpc) is 2.74. The summed E-state index contributed by atoms with van der Waals surface area (Å²) in [5.41, 5.74) is 2.64. The third-order valence-corrected chi connectivity index (χ3v) is 5.27. The Morgan fingerprint density at radius 3 is 2.38 bits per heavy atom. The number of nitrogens with one attached hydrogen (secondary N) is 1. The first kappa shape index (κ1) is 23.1. The summed E-state index contributed by atoms with van der Waals surface area (Å²) in [6, 6.07) is 11.8. The summed E-state index contributed by atoms with van der Waals surface area (Å²) in [6.45, 7) is 8.93. The van der Waals surface area contributed by atoms with Crippen LogP contribution in [0.4, 0.5) is 4.79 Å². The molecule has 0 bridgehead atoms. The molecule has 2 aromatic carbocycles. The summed E-state index contributed by atoms with van der Waals surface area (Å²) in [4.78, 5) is 37.3. The standard InChI is InChI=1S/C25H27NO6/c1-14(2)22(26-25(29)30-13-18-9-7-6-8-10-18)24(28)32-20-12-15(3)11-19-21(20)16(4)17(5)23(27)31-19/h6-12,14,22H,13H2,1-5H3,(H,26,29). The minimum atomic E-state index is -0.925. The number of hydrogen-bond acceptors (Lipinski definition) is 6. The molecule has 0 saturated heterocycles. The molecule has 3 aromatic rings. The summed E-state index contributed by atoms with van der Waals surface area (Å²) < 4.78 is 16.3. The Balaban J connectivity index is 1.80. The lowest BCUT2D eigenvalue weighted by atomic mass is 10.0. The number of hydrogen-bond donors (Lipinski definition) is 1. The number of esters is 1. The molecule has 1 heterocycles. The van der Waals surface area contributed by atoms with Crippen LogP contribution >= 0.6 is 0 Å². The number of carbonyl (C=O) groups is 2. The Bertz CT molecular complexity index is 1200. The van der Waals surface area contributed by atoms with Crippen LogP contribution in [0, 0.1) is 26.7 Å². The SMILES string of the molecule is Cc1cc(OC(=O)C(NC(=O)OCc2ccccc2)C(C)C)c2c(C)c(C)c(=O)oc2c1. The zero-order valence-corrected chi connectivity index (χ0v) is 18.9. The van der Waals surface area contributed by atoms with Crippen molar-refractivity contribution in [2.75, 3.05) is 0 Å². The van der Waals surface area contributed by atoms with Crippen molar-refractivity contribution >= 4 is 23.0 Å². The highest BCUT2D eigenvalue weighted by Crippen LogP contribution is 2.31. The van der Waals surface area contributed by atoms with Crippen LogP contribution in [0.1, 0.15) is 36.1 Å². The number of aryl methyl sites for hydroxylation is 2. The van der Waals surface area contributed by atoms with E-state index in [1.807, 2.05) is 37.3 Å². The summed E-state index contributed by atoms with van der Waals surface area (Å²) in [6.07, 6.45) is -0.711. The van der Waals surface area contributed by atoms with Crippen molar-refractivity contribution in [3.8, 4) is 5.75 Å². The number of fused-ring (bicyclic) bond motifs is 1. The second-order valence-electron chi connectivity index (χ2n) is 8.12. The summed E-state index contributed by atoms with van der Waals surface area (Å²) in [7, 11) is 0. The highest BCUT2D eigenvalue weighted by molar-refractivity contribution is 5.92. The lowest BCUT2D eigenvalue weighted by molar-refractivity contribution is -0.137. The van der Waals surface area contributed by atoms with Crippen LogP contribution in [-0.4, -0.2) is 18.1 Å². The fraction of sp³-hybridized carbons (Fsp3) is 0.320. The van der Waals surface area contributed by atoms with Crippen LogP contribution in [0.15, 0.2) is 51.7 Å². The van der Waals surface area contributed by atoms with E-state index in [9.17, 15) is 14.4 Å². The van der Waals surface area contributed by atoms with Gasteiger partial charge in [0.2, 0.25) is 0 Å². The molecule has 7 heteroatoms. The van der Waals surface area contributed by atoms with E-state index in [-0.39, 0.29) is 18.3 Å².